The fraction of sp³-hybridized carbons (Fsp3) is 0.389. The zero-order valence-electron chi connectivity index (χ0n) is 13.8. The lowest BCUT2D eigenvalue weighted by atomic mass is 9.94. The third-order valence-corrected chi connectivity index (χ3v) is 4.82. The van der Waals surface area contributed by atoms with Crippen molar-refractivity contribution >= 4 is 23.5 Å². The highest BCUT2D eigenvalue weighted by atomic mass is 35.5. The molecule has 1 saturated heterocycles. The number of halogens is 1. The molecule has 0 aliphatic carbocycles. The second-order valence-corrected chi connectivity index (χ2v) is 6.69. The van der Waals surface area contributed by atoms with Gasteiger partial charge in [-0.2, -0.15) is 5.10 Å². The Morgan fingerprint density at radius 2 is 2.08 bits per heavy atom. The SMILES string of the molecule is O=C(O)Cn1ccc([C@H]2CCCN(C(=O)Cc3ccccc3Cl)C2)n1. The van der Waals surface area contributed by atoms with Crippen molar-refractivity contribution in [3.05, 3.63) is 52.8 Å². The van der Waals surface area contributed by atoms with Gasteiger partial charge in [-0.15, -0.1) is 0 Å². The number of benzene rings is 1. The van der Waals surface area contributed by atoms with Gasteiger partial charge in [0.1, 0.15) is 6.54 Å². The number of carbonyl (C=O) groups excluding carboxylic acids is 1. The van der Waals surface area contributed by atoms with Crippen LogP contribution >= 0.6 is 11.6 Å². The van der Waals surface area contributed by atoms with Gasteiger partial charge in [-0.1, -0.05) is 29.8 Å². The number of carboxylic acid groups (broad SMARTS) is 1. The fourth-order valence-corrected chi connectivity index (χ4v) is 3.39. The van der Waals surface area contributed by atoms with E-state index in [9.17, 15) is 9.59 Å². The number of aliphatic carboxylic acids is 1. The molecule has 1 amide bonds. The van der Waals surface area contributed by atoms with E-state index in [2.05, 4.69) is 5.10 Å². The molecular formula is C18H20ClN3O3. The van der Waals surface area contributed by atoms with Crippen LogP contribution in [0, 0.1) is 0 Å². The summed E-state index contributed by atoms with van der Waals surface area (Å²) in [6, 6.07) is 9.23. The van der Waals surface area contributed by atoms with E-state index in [4.69, 9.17) is 16.7 Å². The normalized spacial score (nSPS) is 17.5. The van der Waals surface area contributed by atoms with Gasteiger partial charge in [0, 0.05) is 30.2 Å². The van der Waals surface area contributed by atoms with Crippen LogP contribution in [0.3, 0.4) is 0 Å². The number of carboxylic acids is 1. The maximum absolute atomic E-state index is 12.6. The standard InChI is InChI=1S/C18H20ClN3O3/c19-15-6-2-1-4-13(15)10-17(23)21-8-3-5-14(11-21)16-7-9-22(20-16)12-18(24)25/h1-2,4,6-7,9,14H,3,5,8,10-12H2,(H,24,25)/t14-/m0/s1. The fourth-order valence-electron chi connectivity index (χ4n) is 3.18. The quantitative estimate of drug-likeness (QED) is 0.888. The molecule has 132 valence electrons. The van der Waals surface area contributed by atoms with E-state index in [0.29, 0.717) is 18.0 Å². The van der Waals surface area contributed by atoms with Crippen LogP contribution in [0.25, 0.3) is 0 Å². The first-order valence-electron chi connectivity index (χ1n) is 8.29. The summed E-state index contributed by atoms with van der Waals surface area (Å²) in [4.78, 5) is 25.2. The molecule has 1 atom stereocenters. The van der Waals surface area contributed by atoms with E-state index >= 15 is 0 Å². The number of hydrogen-bond acceptors (Lipinski definition) is 3. The van der Waals surface area contributed by atoms with E-state index in [1.54, 1.807) is 12.3 Å². The van der Waals surface area contributed by atoms with Crippen molar-refractivity contribution in [2.45, 2.75) is 31.7 Å². The Bertz CT molecular complexity index is 774. The molecule has 1 aliphatic heterocycles. The summed E-state index contributed by atoms with van der Waals surface area (Å²) in [5.41, 5.74) is 1.68. The average molecular weight is 362 g/mol. The van der Waals surface area contributed by atoms with Gasteiger partial charge in [0.25, 0.3) is 0 Å². The van der Waals surface area contributed by atoms with Crippen molar-refractivity contribution in [1.29, 1.82) is 0 Å². The number of aromatic nitrogens is 2. The molecule has 0 spiro atoms. The number of piperidine rings is 1. The third kappa shape index (κ3) is 4.39. The minimum atomic E-state index is -0.921. The number of amides is 1. The van der Waals surface area contributed by atoms with Crippen molar-refractivity contribution in [3.63, 3.8) is 0 Å². The predicted octanol–water partition coefficient (Wildman–Crippen LogP) is 2.57. The molecule has 25 heavy (non-hydrogen) atoms. The maximum Gasteiger partial charge on any atom is 0.325 e. The Hall–Kier alpha value is -2.34. The second kappa shape index (κ2) is 7.70. The summed E-state index contributed by atoms with van der Waals surface area (Å²) >= 11 is 6.14. The van der Waals surface area contributed by atoms with Gasteiger partial charge in [-0.25, -0.2) is 0 Å². The molecule has 0 radical (unpaired) electrons. The highest BCUT2D eigenvalue weighted by Gasteiger charge is 2.26. The van der Waals surface area contributed by atoms with E-state index < -0.39 is 5.97 Å². The van der Waals surface area contributed by atoms with Crippen molar-refractivity contribution in [3.8, 4) is 0 Å². The highest BCUT2D eigenvalue weighted by Crippen LogP contribution is 2.26. The van der Waals surface area contributed by atoms with Crippen LogP contribution in [-0.4, -0.2) is 44.8 Å². The number of hydrogen-bond donors (Lipinski definition) is 1. The molecule has 3 rings (SSSR count). The Morgan fingerprint density at radius 1 is 1.28 bits per heavy atom. The van der Waals surface area contributed by atoms with Crippen LogP contribution in [0.15, 0.2) is 36.5 Å². The van der Waals surface area contributed by atoms with Crippen LogP contribution in [0.5, 0.6) is 0 Å². The van der Waals surface area contributed by atoms with E-state index in [0.717, 1.165) is 30.6 Å². The molecule has 1 fully saturated rings. The van der Waals surface area contributed by atoms with Crippen molar-refractivity contribution in [2.75, 3.05) is 13.1 Å². The topological polar surface area (TPSA) is 75.4 Å². The minimum Gasteiger partial charge on any atom is -0.480 e. The lowest BCUT2D eigenvalue weighted by molar-refractivity contribution is -0.138. The summed E-state index contributed by atoms with van der Waals surface area (Å²) in [7, 11) is 0. The van der Waals surface area contributed by atoms with Crippen molar-refractivity contribution < 1.29 is 14.7 Å². The first-order valence-corrected chi connectivity index (χ1v) is 8.67. The molecule has 1 aromatic heterocycles. The Kier molecular flexibility index (Phi) is 5.38. The van der Waals surface area contributed by atoms with Crippen LogP contribution in [0.4, 0.5) is 0 Å². The molecule has 0 saturated carbocycles. The Labute approximate surface area is 151 Å². The summed E-state index contributed by atoms with van der Waals surface area (Å²) < 4.78 is 1.42. The molecule has 7 heteroatoms. The lowest BCUT2D eigenvalue weighted by Gasteiger charge is -2.32. The third-order valence-electron chi connectivity index (χ3n) is 4.45. The predicted molar refractivity (Wildman–Crippen MR) is 93.6 cm³/mol. The van der Waals surface area contributed by atoms with Crippen molar-refractivity contribution in [2.24, 2.45) is 0 Å². The van der Waals surface area contributed by atoms with E-state index in [1.807, 2.05) is 29.2 Å². The number of nitrogens with zero attached hydrogens (tertiary/aromatic N) is 3. The largest absolute Gasteiger partial charge is 0.480 e. The summed E-state index contributed by atoms with van der Waals surface area (Å²) in [6.45, 7) is 1.19. The minimum absolute atomic E-state index is 0.0581. The lowest BCUT2D eigenvalue weighted by Crippen LogP contribution is -2.40. The molecule has 1 aromatic carbocycles. The number of carbonyl (C=O) groups is 2. The first kappa shape index (κ1) is 17.5. The molecule has 0 unspecified atom stereocenters. The number of likely N-dealkylation sites (tertiary alicyclic amines) is 1. The van der Waals surface area contributed by atoms with Crippen LogP contribution in [0.2, 0.25) is 5.02 Å². The summed E-state index contributed by atoms with van der Waals surface area (Å²) in [6.07, 6.45) is 3.82. The van der Waals surface area contributed by atoms with Crippen LogP contribution in [-0.2, 0) is 22.6 Å². The highest BCUT2D eigenvalue weighted by molar-refractivity contribution is 6.31. The van der Waals surface area contributed by atoms with Gasteiger partial charge < -0.3 is 10.0 Å². The molecule has 2 aromatic rings. The maximum atomic E-state index is 12.6. The Balaban J connectivity index is 1.64. The van der Waals surface area contributed by atoms with Gasteiger partial charge in [0.2, 0.25) is 5.91 Å². The molecule has 1 aliphatic rings. The van der Waals surface area contributed by atoms with Gasteiger partial charge in [-0.3, -0.25) is 14.3 Å². The summed E-state index contributed by atoms with van der Waals surface area (Å²) in [5.74, 6) is -0.725. The van der Waals surface area contributed by atoms with Crippen LogP contribution < -0.4 is 0 Å². The van der Waals surface area contributed by atoms with Gasteiger partial charge in [-0.05, 0) is 30.5 Å². The van der Waals surface area contributed by atoms with Gasteiger partial charge in [0.15, 0.2) is 0 Å². The first-order chi connectivity index (χ1) is 12.0. The zero-order valence-corrected chi connectivity index (χ0v) is 14.5. The van der Waals surface area contributed by atoms with Gasteiger partial charge >= 0.3 is 5.97 Å². The second-order valence-electron chi connectivity index (χ2n) is 6.28. The molecule has 0 bridgehead atoms. The molecule has 1 N–H and O–H groups in total. The van der Waals surface area contributed by atoms with E-state index in [-0.39, 0.29) is 18.4 Å². The van der Waals surface area contributed by atoms with Crippen molar-refractivity contribution in [1.82, 2.24) is 14.7 Å². The van der Waals surface area contributed by atoms with Crippen LogP contribution in [0.1, 0.15) is 30.0 Å². The molecular weight excluding hydrogens is 342 g/mol. The van der Waals surface area contributed by atoms with Gasteiger partial charge in [0.05, 0.1) is 12.1 Å². The number of rotatable bonds is 5. The summed E-state index contributed by atoms with van der Waals surface area (Å²) in [5, 5.41) is 13.8. The van der Waals surface area contributed by atoms with E-state index in [1.165, 1.54) is 4.68 Å². The Morgan fingerprint density at radius 3 is 2.84 bits per heavy atom. The average Bonchev–Trinajstić information content (AvgIpc) is 3.05. The monoisotopic (exact) mass is 361 g/mol. The molecule has 6 nitrogen and oxygen atoms in total. The smallest absolute Gasteiger partial charge is 0.325 e. The molecule has 2 heterocycles. The zero-order chi connectivity index (χ0) is 17.8.